The maximum atomic E-state index is 12.9. The summed E-state index contributed by atoms with van der Waals surface area (Å²) in [6.07, 6.45) is 4.76. The molecule has 182 valence electrons. The third-order valence-electron chi connectivity index (χ3n) is 6.46. The Morgan fingerprint density at radius 1 is 0.972 bits per heavy atom. The number of hydrogen-bond donors (Lipinski definition) is 3. The maximum Gasteiger partial charge on any atom is 0.255 e. The van der Waals surface area contributed by atoms with Crippen molar-refractivity contribution in [3.8, 4) is 0 Å². The molecule has 5 rings (SSSR count). The maximum absolute atomic E-state index is 12.9. The van der Waals surface area contributed by atoms with E-state index >= 15 is 0 Å². The lowest BCUT2D eigenvalue weighted by atomic mass is 9.99. The fourth-order valence-corrected chi connectivity index (χ4v) is 4.45. The highest BCUT2D eigenvalue weighted by atomic mass is 16.2. The Labute approximate surface area is 210 Å². The first-order valence-corrected chi connectivity index (χ1v) is 12.1. The van der Waals surface area contributed by atoms with E-state index in [1.165, 1.54) is 11.1 Å². The molecule has 0 saturated carbocycles. The Balaban J connectivity index is 1.19. The fourth-order valence-electron chi connectivity index (χ4n) is 4.45. The molecule has 2 heterocycles. The summed E-state index contributed by atoms with van der Waals surface area (Å²) >= 11 is 0. The van der Waals surface area contributed by atoms with Crippen molar-refractivity contribution in [3.05, 3.63) is 106 Å². The first-order chi connectivity index (χ1) is 17.5. The quantitative estimate of drug-likeness (QED) is 0.502. The van der Waals surface area contributed by atoms with Crippen molar-refractivity contribution >= 4 is 29.3 Å². The molecule has 7 heteroatoms. The van der Waals surface area contributed by atoms with Gasteiger partial charge in [-0.25, -0.2) is 0 Å². The Hall–Kier alpha value is -4.23. The molecular weight excluding hydrogens is 450 g/mol. The number of anilines is 1. The summed E-state index contributed by atoms with van der Waals surface area (Å²) in [7, 11) is 2.11. The first kappa shape index (κ1) is 23.5. The van der Waals surface area contributed by atoms with Crippen molar-refractivity contribution in [3.63, 3.8) is 0 Å². The van der Waals surface area contributed by atoms with Crippen molar-refractivity contribution in [1.82, 2.24) is 15.5 Å². The predicted octanol–water partition coefficient (Wildman–Crippen LogP) is 3.83. The zero-order valence-electron chi connectivity index (χ0n) is 20.3. The molecule has 0 spiro atoms. The van der Waals surface area contributed by atoms with Gasteiger partial charge in [0, 0.05) is 54.4 Å². The molecule has 0 aromatic heterocycles. The van der Waals surface area contributed by atoms with Crippen LogP contribution in [0.25, 0.3) is 5.57 Å². The van der Waals surface area contributed by atoms with E-state index < -0.39 is 0 Å². The van der Waals surface area contributed by atoms with Crippen LogP contribution < -0.4 is 16.0 Å². The number of fused-ring (bicyclic) bond motifs is 1. The highest BCUT2D eigenvalue weighted by Gasteiger charge is 2.15. The highest BCUT2D eigenvalue weighted by Crippen LogP contribution is 2.22. The number of nitrogens with zero attached hydrogens (tertiary/aromatic N) is 2. The van der Waals surface area contributed by atoms with Crippen LogP contribution in [0.3, 0.4) is 0 Å². The molecule has 36 heavy (non-hydrogen) atoms. The average Bonchev–Trinajstić information content (AvgIpc) is 2.92. The van der Waals surface area contributed by atoms with Gasteiger partial charge in [0.05, 0.1) is 0 Å². The van der Waals surface area contributed by atoms with Crippen molar-refractivity contribution in [1.29, 1.82) is 0 Å². The summed E-state index contributed by atoms with van der Waals surface area (Å²) in [5.41, 5.74) is 7.35. The molecule has 3 N–H and O–H groups in total. The Morgan fingerprint density at radius 3 is 2.64 bits per heavy atom. The second-order valence-corrected chi connectivity index (χ2v) is 9.16. The lowest BCUT2D eigenvalue weighted by molar-refractivity contribution is 0.0950. The summed E-state index contributed by atoms with van der Waals surface area (Å²) in [6.45, 7) is 2.85. The second-order valence-electron chi connectivity index (χ2n) is 9.16. The van der Waals surface area contributed by atoms with Gasteiger partial charge in [-0.15, -0.1) is 0 Å². The van der Waals surface area contributed by atoms with E-state index in [-0.39, 0.29) is 11.8 Å². The Kier molecular flexibility index (Phi) is 6.91. The van der Waals surface area contributed by atoms with Crippen molar-refractivity contribution in [2.24, 2.45) is 4.99 Å². The number of amides is 2. The zero-order chi connectivity index (χ0) is 24.9. The molecule has 0 aliphatic carbocycles. The minimum atomic E-state index is -0.169. The average molecular weight is 480 g/mol. The van der Waals surface area contributed by atoms with E-state index in [0.717, 1.165) is 41.9 Å². The van der Waals surface area contributed by atoms with Gasteiger partial charge in [0.1, 0.15) is 6.67 Å². The summed E-state index contributed by atoms with van der Waals surface area (Å²) in [5.74, 6) is -0.335. The van der Waals surface area contributed by atoms with Crippen LogP contribution in [0, 0.1) is 0 Å². The number of nitrogens with one attached hydrogen (secondary N) is 3. The van der Waals surface area contributed by atoms with Crippen molar-refractivity contribution in [2.75, 3.05) is 25.6 Å². The molecule has 0 bridgehead atoms. The number of carbonyl (C=O) groups is 2. The molecule has 0 atom stereocenters. The SMILES string of the molecule is CN1CCc2ccc(NC(=O)c3cccc(CNC(=O)c4ccc(C5=CNCN=C5)cc4)c3)cc2C1. The number of allylic oxidation sites excluding steroid dienone is 1. The Morgan fingerprint density at radius 2 is 1.83 bits per heavy atom. The number of rotatable bonds is 6. The number of aliphatic imine (C=N–C) groups is 1. The van der Waals surface area contributed by atoms with Crippen molar-refractivity contribution < 1.29 is 9.59 Å². The smallest absolute Gasteiger partial charge is 0.255 e. The van der Waals surface area contributed by atoms with Gasteiger partial charge in [-0.05, 0) is 72.1 Å². The van der Waals surface area contributed by atoms with Gasteiger partial charge >= 0.3 is 0 Å². The second kappa shape index (κ2) is 10.6. The largest absolute Gasteiger partial charge is 0.372 e. The van der Waals surface area contributed by atoms with Gasteiger partial charge in [0.15, 0.2) is 0 Å². The summed E-state index contributed by atoms with van der Waals surface area (Å²) in [5, 5.41) is 9.03. The molecule has 2 aliphatic heterocycles. The third kappa shape index (κ3) is 5.53. The van der Waals surface area contributed by atoms with Crippen LogP contribution >= 0.6 is 0 Å². The van der Waals surface area contributed by atoms with E-state index in [0.29, 0.717) is 24.3 Å². The van der Waals surface area contributed by atoms with Gasteiger partial charge in [-0.2, -0.15) is 0 Å². The minimum Gasteiger partial charge on any atom is -0.372 e. The van der Waals surface area contributed by atoms with Crippen LogP contribution in [0.5, 0.6) is 0 Å². The summed E-state index contributed by atoms with van der Waals surface area (Å²) in [6, 6.07) is 20.9. The number of carbonyl (C=O) groups excluding carboxylic acids is 2. The van der Waals surface area contributed by atoms with Gasteiger partial charge in [0.2, 0.25) is 0 Å². The lowest BCUT2D eigenvalue weighted by Crippen LogP contribution is -2.26. The van der Waals surface area contributed by atoms with E-state index in [1.54, 1.807) is 18.2 Å². The molecule has 0 radical (unpaired) electrons. The van der Waals surface area contributed by atoms with E-state index in [2.05, 4.69) is 45.0 Å². The predicted molar refractivity (Wildman–Crippen MR) is 143 cm³/mol. The van der Waals surface area contributed by atoms with E-state index in [9.17, 15) is 9.59 Å². The van der Waals surface area contributed by atoms with Crippen LogP contribution in [0.1, 0.15) is 43.0 Å². The van der Waals surface area contributed by atoms with Gasteiger partial charge < -0.3 is 20.9 Å². The standard InChI is InChI=1S/C29H29N5O2/c1-34-12-11-22-9-10-27(14-25(22)18-34)33-29(36)24-4-2-3-20(13-24)15-32-28(35)23-7-5-21(6-8-23)26-16-30-19-31-17-26/h2-10,13-14,16-17,30H,11-12,15,18-19H2,1H3,(H,32,35)(H,33,36). The highest BCUT2D eigenvalue weighted by molar-refractivity contribution is 6.10. The molecule has 0 unspecified atom stereocenters. The van der Waals surface area contributed by atoms with Gasteiger partial charge in [-0.3, -0.25) is 14.6 Å². The normalized spacial score (nSPS) is 14.9. The molecule has 7 nitrogen and oxygen atoms in total. The molecule has 2 aliphatic rings. The van der Waals surface area contributed by atoms with Crippen LogP contribution in [0.2, 0.25) is 0 Å². The fraction of sp³-hybridized carbons (Fsp3) is 0.207. The van der Waals surface area contributed by atoms with Crippen molar-refractivity contribution in [2.45, 2.75) is 19.5 Å². The monoisotopic (exact) mass is 479 g/mol. The van der Waals surface area contributed by atoms with Crippen LogP contribution in [0.15, 0.2) is 77.9 Å². The summed E-state index contributed by atoms with van der Waals surface area (Å²) in [4.78, 5) is 32.0. The minimum absolute atomic E-state index is 0.167. The lowest BCUT2D eigenvalue weighted by Gasteiger charge is -2.25. The number of hydrogen-bond acceptors (Lipinski definition) is 5. The van der Waals surface area contributed by atoms with Crippen LogP contribution in [0.4, 0.5) is 5.69 Å². The molecule has 2 amide bonds. The van der Waals surface area contributed by atoms with Crippen LogP contribution in [-0.2, 0) is 19.5 Å². The first-order valence-electron chi connectivity index (χ1n) is 12.1. The molecule has 0 fully saturated rings. The van der Waals surface area contributed by atoms with Gasteiger partial charge in [-0.1, -0.05) is 30.3 Å². The van der Waals surface area contributed by atoms with E-state index in [1.807, 2.05) is 48.8 Å². The number of benzene rings is 3. The molecule has 0 saturated heterocycles. The zero-order valence-corrected chi connectivity index (χ0v) is 20.3. The van der Waals surface area contributed by atoms with Crippen LogP contribution in [-0.4, -0.2) is 43.2 Å². The topological polar surface area (TPSA) is 85.8 Å². The Bertz CT molecular complexity index is 1340. The summed E-state index contributed by atoms with van der Waals surface area (Å²) < 4.78 is 0. The molecule has 3 aromatic rings. The molecule has 3 aromatic carbocycles. The third-order valence-corrected chi connectivity index (χ3v) is 6.46. The van der Waals surface area contributed by atoms with E-state index in [4.69, 9.17) is 0 Å². The number of likely N-dealkylation sites (N-methyl/N-ethyl adjacent to an activating group) is 1. The molecular formula is C29H29N5O2. The van der Waals surface area contributed by atoms with Gasteiger partial charge in [0.25, 0.3) is 11.8 Å².